The molecule has 0 saturated carbocycles. The zero-order chi connectivity index (χ0) is 15.5. The number of anilines is 1. The largest absolute Gasteiger partial charge is 0.417 e. The summed E-state index contributed by atoms with van der Waals surface area (Å²) >= 11 is 0. The lowest BCUT2D eigenvalue weighted by Gasteiger charge is -2.11. The molecule has 2 aromatic heterocycles. The Morgan fingerprint density at radius 1 is 1.29 bits per heavy atom. The van der Waals surface area contributed by atoms with Crippen LogP contribution < -0.4 is 10.9 Å². The fraction of sp³-hybridized carbons (Fsp3) is 0.286. The molecule has 1 N–H and O–H groups in total. The standard InChI is InChI=1S/C14H14F3N3O/c1-2-18-12-7-10(5-6-19-12)8-20-9-11(14(15,16)17)3-4-13(20)21/h3-7,9H,2,8H2,1H3,(H,18,19). The van der Waals surface area contributed by atoms with Crippen LogP contribution >= 0.6 is 0 Å². The number of hydrogen-bond acceptors (Lipinski definition) is 3. The summed E-state index contributed by atoms with van der Waals surface area (Å²) in [6.45, 7) is 2.65. The summed E-state index contributed by atoms with van der Waals surface area (Å²) in [5.41, 5.74) is -0.629. The van der Waals surface area contributed by atoms with E-state index in [0.717, 1.165) is 22.9 Å². The molecule has 0 fully saturated rings. The van der Waals surface area contributed by atoms with E-state index in [1.54, 1.807) is 18.3 Å². The molecule has 0 radical (unpaired) electrons. The Hall–Kier alpha value is -2.31. The van der Waals surface area contributed by atoms with Crippen molar-refractivity contribution in [1.29, 1.82) is 0 Å². The molecule has 0 aliphatic rings. The van der Waals surface area contributed by atoms with Crippen molar-refractivity contribution in [2.75, 3.05) is 11.9 Å². The molecular weight excluding hydrogens is 283 g/mol. The van der Waals surface area contributed by atoms with Gasteiger partial charge in [0.05, 0.1) is 12.1 Å². The van der Waals surface area contributed by atoms with Gasteiger partial charge in [0.15, 0.2) is 0 Å². The molecular formula is C14H14F3N3O. The summed E-state index contributed by atoms with van der Waals surface area (Å²) in [6.07, 6.45) is -2.09. The Morgan fingerprint density at radius 3 is 2.71 bits per heavy atom. The molecule has 0 amide bonds. The number of hydrogen-bond donors (Lipinski definition) is 1. The number of pyridine rings is 2. The molecule has 0 spiro atoms. The Morgan fingerprint density at radius 2 is 2.05 bits per heavy atom. The summed E-state index contributed by atoms with van der Waals surface area (Å²) in [5, 5.41) is 3.01. The fourth-order valence-corrected chi connectivity index (χ4v) is 1.87. The summed E-state index contributed by atoms with van der Waals surface area (Å²) in [6, 6.07) is 5.08. The van der Waals surface area contributed by atoms with Crippen LogP contribution in [-0.4, -0.2) is 16.1 Å². The summed E-state index contributed by atoms with van der Waals surface area (Å²) in [5.74, 6) is 0.620. The molecule has 4 nitrogen and oxygen atoms in total. The van der Waals surface area contributed by atoms with E-state index in [9.17, 15) is 18.0 Å². The molecule has 0 saturated heterocycles. The third-order valence-corrected chi connectivity index (χ3v) is 2.85. The minimum absolute atomic E-state index is 0.0592. The highest BCUT2D eigenvalue weighted by atomic mass is 19.4. The van der Waals surface area contributed by atoms with Crippen LogP contribution in [-0.2, 0) is 12.7 Å². The molecule has 112 valence electrons. The minimum atomic E-state index is -4.47. The van der Waals surface area contributed by atoms with Crippen molar-refractivity contribution in [3.63, 3.8) is 0 Å². The zero-order valence-electron chi connectivity index (χ0n) is 11.3. The first-order valence-electron chi connectivity index (χ1n) is 6.36. The first-order valence-corrected chi connectivity index (χ1v) is 6.36. The second-order valence-corrected chi connectivity index (χ2v) is 4.46. The van der Waals surface area contributed by atoms with Crippen LogP contribution in [0.15, 0.2) is 41.5 Å². The third-order valence-electron chi connectivity index (χ3n) is 2.85. The van der Waals surface area contributed by atoms with Gasteiger partial charge in [0.1, 0.15) is 5.82 Å². The van der Waals surface area contributed by atoms with Gasteiger partial charge in [-0.3, -0.25) is 4.79 Å². The highest BCUT2D eigenvalue weighted by molar-refractivity contribution is 5.37. The van der Waals surface area contributed by atoms with Gasteiger partial charge in [-0.05, 0) is 30.7 Å². The maximum atomic E-state index is 12.7. The van der Waals surface area contributed by atoms with Crippen LogP contribution in [0.2, 0.25) is 0 Å². The average molecular weight is 297 g/mol. The van der Waals surface area contributed by atoms with Gasteiger partial charge in [0.2, 0.25) is 0 Å². The zero-order valence-corrected chi connectivity index (χ0v) is 11.3. The van der Waals surface area contributed by atoms with E-state index in [0.29, 0.717) is 17.9 Å². The Labute approximate surface area is 119 Å². The van der Waals surface area contributed by atoms with E-state index in [4.69, 9.17) is 0 Å². The lowest BCUT2D eigenvalue weighted by atomic mass is 10.2. The van der Waals surface area contributed by atoms with Crippen molar-refractivity contribution >= 4 is 5.82 Å². The highest BCUT2D eigenvalue weighted by Crippen LogP contribution is 2.28. The number of nitrogens with zero attached hydrogens (tertiary/aromatic N) is 2. The van der Waals surface area contributed by atoms with E-state index in [-0.39, 0.29) is 6.54 Å². The van der Waals surface area contributed by atoms with Crippen molar-refractivity contribution in [3.05, 3.63) is 58.1 Å². The number of aromatic nitrogens is 2. The normalized spacial score (nSPS) is 11.4. The molecule has 2 aromatic rings. The van der Waals surface area contributed by atoms with Gasteiger partial charge in [0.25, 0.3) is 5.56 Å². The van der Waals surface area contributed by atoms with E-state index in [1.165, 1.54) is 0 Å². The van der Waals surface area contributed by atoms with Gasteiger partial charge >= 0.3 is 6.18 Å². The lowest BCUT2D eigenvalue weighted by Crippen LogP contribution is -2.22. The van der Waals surface area contributed by atoms with Crippen LogP contribution in [0.5, 0.6) is 0 Å². The second kappa shape index (κ2) is 5.99. The fourth-order valence-electron chi connectivity index (χ4n) is 1.87. The Kier molecular flexibility index (Phi) is 4.30. The topological polar surface area (TPSA) is 46.9 Å². The van der Waals surface area contributed by atoms with E-state index in [1.807, 2.05) is 6.92 Å². The molecule has 2 rings (SSSR count). The maximum absolute atomic E-state index is 12.7. The van der Waals surface area contributed by atoms with Crippen LogP contribution in [0.25, 0.3) is 0 Å². The van der Waals surface area contributed by atoms with E-state index < -0.39 is 17.3 Å². The van der Waals surface area contributed by atoms with Gasteiger partial charge in [-0.25, -0.2) is 4.98 Å². The van der Waals surface area contributed by atoms with Crippen molar-refractivity contribution in [2.45, 2.75) is 19.6 Å². The summed E-state index contributed by atoms with van der Waals surface area (Å²) in [7, 11) is 0. The monoisotopic (exact) mass is 297 g/mol. The first kappa shape index (κ1) is 15.1. The van der Waals surface area contributed by atoms with E-state index >= 15 is 0 Å². The van der Waals surface area contributed by atoms with Crippen LogP contribution in [0, 0.1) is 0 Å². The van der Waals surface area contributed by atoms with Gasteiger partial charge < -0.3 is 9.88 Å². The van der Waals surface area contributed by atoms with E-state index in [2.05, 4.69) is 10.3 Å². The molecule has 0 aromatic carbocycles. The predicted octanol–water partition coefficient (Wildman–Crippen LogP) is 2.74. The predicted molar refractivity (Wildman–Crippen MR) is 73.2 cm³/mol. The molecule has 0 aliphatic heterocycles. The van der Waals surface area contributed by atoms with Crippen LogP contribution in [0.3, 0.4) is 0 Å². The van der Waals surface area contributed by atoms with Gasteiger partial charge in [-0.2, -0.15) is 13.2 Å². The van der Waals surface area contributed by atoms with Crippen LogP contribution in [0.4, 0.5) is 19.0 Å². The SMILES string of the molecule is CCNc1cc(Cn2cc(C(F)(F)F)ccc2=O)ccn1. The molecule has 0 unspecified atom stereocenters. The Bertz CT molecular complexity index is 680. The lowest BCUT2D eigenvalue weighted by molar-refractivity contribution is -0.138. The summed E-state index contributed by atoms with van der Waals surface area (Å²) < 4.78 is 39.0. The summed E-state index contributed by atoms with van der Waals surface area (Å²) in [4.78, 5) is 15.7. The molecule has 0 aliphatic carbocycles. The molecule has 0 atom stereocenters. The number of nitrogens with one attached hydrogen (secondary N) is 1. The Balaban J connectivity index is 2.31. The van der Waals surface area contributed by atoms with Crippen molar-refractivity contribution in [3.8, 4) is 0 Å². The quantitative estimate of drug-likeness (QED) is 0.944. The number of halogens is 3. The maximum Gasteiger partial charge on any atom is 0.417 e. The van der Waals surface area contributed by atoms with Crippen LogP contribution in [0.1, 0.15) is 18.1 Å². The van der Waals surface area contributed by atoms with Crippen molar-refractivity contribution in [1.82, 2.24) is 9.55 Å². The number of rotatable bonds is 4. The molecule has 7 heteroatoms. The molecule has 0 bridgehead atoms. The molecule has 21 heavy (non-hydrogen) atoms. The van der Waals surface area contributed by atoms with Crippen molar-refractivity contribution < 1.29 is 13.2 Å². The second-order valence-electron chi connectivity index (χ2n) is 4.46. The third kappa shape index (κ3) is 3.84. The van der Waals surface area contributed by atoms with Gasteiger partial charge in [-0.15, -0.1) is 0 Å². The first-order chi connectivity index (χ1) is 9.90. The highest BCUT2D eigenvalue weighted by Gasteiger charge is 2.31. The minimum Gasteiger partial charge on any atom is -0.370 e. The number of alkyl halides is 3. The van der Waals surface area contributed by atoms with Crippen molar-refractivity contribution in [2.24, 2.45) is 0 Å². The van der Waals surface area contributed by atoms with Gasteiger partial charge in [-0.1, -0.05) is 0 Å². The average Bonchev–Trinajstić information content (AvgIpc) is 2.41. The smallest absolute Gasteiger partial charge is 0.370 e. The molecule has 2 heterocycles. The van der Waals surface area contributed by atoms with Gasteiger partial charge in [0, 0.05) is 25.0 Å².